The number of thiazole rings is 1. The molecule has 1 aliphatic carbocycles. The van der Waals surface area contributed by atoms with Gasteiger partial charge in [-0.2, -0.15) is 5.26 Å². The number of aryl methyl sites for hydroxylation is 2. The number of rotatable bonds is 2. The summed E-state index contributed by atoms with van der Waals surface area (Å²) in [5, 5.41) is 12.2. The Morgan fingerprint density at radius 3 is 3.00 bits per heavy atom. The quantitative estimate of drug-likeness (QED) is 0.770. The van der Waals surface area contributed by atoms with Gasteiger partial charge in [0.05, 0.1) is 11.3 Å². The van der Waals surface area contributed by atoms with E-state index in [1.165, 1.54) is 23.4 Å². The minimum atomic E-state index is 0.692. The van der Waals surface area contributed by atoms with Gasteiger partial charge in [-0.3, -0.25) is 0 Å². The molecule has 0 spiro atoms. The summed E-state index contributed by atoms with van der Waals surface area (Å²) in [4.78, 5) is 7.12. The summed E-state index contributed by atoms with van der Waals surface area (Å²) in [5.41, 5.74) is 1.91. The molecular formula is C14H12N2S2. The fourth-order valence-electron chi connectivity index (χ4n) is 2.12. The number of hydrogen-bond acceptors (Lipinski definition) is 4. The first-order chi connectivity index (χ1) is 8.86. The molecule has 1 aliphatic rings. The molecule has 0 amide bonds. The van der Waals surface area contributed by atoms with Crippen LogP contribution in [0.1, 0.15) is 33.3 Å². The van der Waals surface area contributed by atoms with Crippen LogP contribution in [-0.2, 0) is 12.8 Å². The van der Waals surface area contributed by atoms with E-state index in [0.29, 0.717) is 5.57 Å². The van der Waals surface area contributed by atoms with Crippen LogP contribution in [0.25, 0.3) is 11.6 Å². The summed E-state index contributed by atoms with van der Waals surface area (Å²) in [6, 6.07) is 6.30. The van der Waals surface area contributed by atoms with Gasteiger partial charge in [0.1, 0.15) is 11.1 Å². The molecule has 0 saturated heterocycles. The Bertz CT molecular complexity index is 591. The van der Waals surface area contributed by atoms with Gasteiger partial charge in [0.15, 0.2) is 0 Å². The molecule has 0 radical (unpaired) electrons. The predicted molar refractivity (Wildman–Crippen MR) is 76.6 cm³/mol. The molecular weight excluding hydrogens is 260 g/mol. The fraction of sp³-hybridized carbons (Fsp3) is 0.286. The molecule has 0 unspecified atom stereocenters. The zero-order chi connectivity index (χ0) is 12.4. The summed E-state index contributed by atoms with van der Waals surface area (Å²) < 4.78 is 0. The molecule has 18 heavy (non-hydrogen) atoms. The van der Waals surface area contributed by atoms with Crippen LogP contribution in [0.4, 0.5) is 0 Å². The van der Waals surface area contributed by atoms with Crippen LogP contribution in [0, 0.1) is 11.3 Å². The van der Waals surface area contributed by atoms with Gasteiger partial charge in [-0.25, -0.2) is 4.98 Å². The van der Waals surface area contributed by atoms with Gasteiger partial charge in [-0.05, 0) is 43.2 Å². The Morgan fingerprint density at radius 2 is 2.28 bits per heavy atom. The van der Waals surface area contributed by atoms with Crippen LogP contribution in [0.5, 0.6) is 0 Å². The largest absolute Gasteiger partial charge is 0.240 e. The molecule has 0 N–H and O–H groups in total. The summed E-state index contributed by atoms with van der Waals surface area (Å²) in [7, 11) is 0. The first-order valence-electron chi connectivity index (χ1n) is 6.01. The molecule has 0 aromatic carbocycles. The third-order valence-corrected chi connectivity index (χ3v) is 5.04. The Morgan fingerprint density at radius 1 is 1.39 bits per heavy atom. The number of aromatic nitrogens is 1. The smallest absolute Gasteiger partial charge is 0.134 e. The summed E-state index contributed by atoms with van der Waals surface area (Å²) in [6.45, 7) is 0. The number of nitriles is 1. The summed E-state index contributed by atoms with van der Waals surface area (Å²) >= 11 is 3.34. The van der Waals surface area contributed by atoms with Crippen molar-refractivity contribution in [3.8, 4) is 6.07 Å². The van der Waals surface area contributed by atoms with Crippen LogP contribution >= 0.6 is 22.7 Å². The molecule has 0 aliphatic heterocycles. The lowest BCUT2D eigenvalue weighted by Gasteiger charge is -2.06. The molecule has 0 bridgehead atoms. The van der Waals surface area contributed by atoms with Crippen molar-refractivity contribution < 1.29 is 0 Å². The van der Waals surface area contributed by atoms with Crippen molar-refractivity contribution in [3.63, 3.8) is 0 Å². The van der Waals surface area contributed by atoms with E-state index in [-0.39, 0.29) is 0 Å². The molecule has 2 aromatic rings. The Labute approximate surface area is 114 Å². The van der Waals surface area contributed by atoms with Crippen LogP contribution in [-0.4, -0.2) is 4.98 Å². The maximum absolute atomic E-state index is 9.29. The maximum atomic E-state index is 9.29. The normalized spacial score (nSPS) is 15.2. The minimum Gasteiger partial charge on any atom is -0.240 e. The van der Waals surface area contributed by atoms with Gasteiger partial charge in [-0.1, -0.05) is 6.07 Å². The molecule has 2 heterocycles. The second-order valence-corrected chi connectivity index (χ2v) is 6.34. The first kappa shape index (κ1) is 11.6. The molecule has 2 aromatic heterocycles. The van der Waals surface area contributed by atoms with Gasteiger partial charge in [0.2, 0.25) is 0 Å². The van der Waals surface area contributed by atoms with Crippen molar-refractivity contribution in [2.24, 2.45) is 0 Å². The molecule has 0 saturated carbocycles. The third-order valence-electron chi connectivity index (χ3n) is 3.03. The molecule has 0 fully saturated rings. The van der Waals surface area contributed by atoms with E-state index in [0.717, 1.165) is 22.7 Å². The maximum Gasteiger partial charge on any atom is 0.134 e. The topological polar surface area (TPSA) is 36.7 Å². The molecule has 3 rings (SSSR count). The molecule has 90 valence electrons. The predicted octanol–water partition coefficient (Wildman–Crippen LogP) is 4.15. The van der Waals surface area contributed by atoms with Crippen molar-refractivity contribution in [3.05, 3.63) is 38.0 Å². The van der Waals surface area contributed by atoms with Crippen LogP contribution < -0.4 is 0 Å². The summed E-state index contributed by atoms with van der Waals surface area (Å²) in [6.07, 6.45) is 6.63. The van der Waals surface area contributed by atoms with Crippen molar-refractivity contribution in [1.82, 2.24) is 4.98 Å². The van der Waals surface area contributed by atoms with Gasteiger partial charge in [-0.15, -0.1) is 22.7 Å². The zero-order valence-electron chi connectivity index (χ0n) is 9.85. The second-order valence-electron chi connectivity index (χ2n) is 4.28. The van der Waals surface area contributed by atoms with Crippen LogP contribution in [0.15, 0.2) is 17.5 Å². The average Bonchev–Trinajstić information content (AvgIpc) is 3.04. The highest BCUT2D eigenvalue weighted by molar-refractivity contribution is 7.13. The second kappa shape index (κ2) is 5.05. The van der Waals surface area contributed by atoms with E-state index in [2.05, 4.69) is 11.1 Å². The van der Waals surface area contributed by atoms with Crippen molar-refractivity contribution in [1.29, 1.82) is 5.26 Å². The minimum absolute atomic E-state index is 0.692. The Balaban J connectivity index is 1.97. The van der Waals surface area contributed by atoms with E-state index in [9.17, 15) is 5.26 Å². The van der Waals surface area contributed by atoms with Gasteiger partial charge >= 0.3 is 0 Å². The monoisotopic (exact) mass is 272 g/mol. The Kier molecular flexibility index (Phi) is 3.26. The molecule has 0 atom stereocenters. The fourth-order valence-corrected chi connectivity index (χ4v) is 3.90. The Hall–Kier alpha value is -1.44. The number of hydrogen-bond donors (Lipinski definition) is 0. The highest BCUT2D eigenvalue weighted by Crippen LogP contribution is 2.31. The summed E-state index contributed by atoms with van der Waals surface area (Å²) in [5.74, 6) is 0. The van der Waals surface area contributed by atoms with E-state index in [1.54, 1.807) is 22.7 Å². The number of nitrogens with zero attached hydrogens (tertiary/aromatic N) is 2. The third kappa shape index (κ3) is 2.24. The van der Waals surface area contributed by atoms with Crippen LogP contribution in [0.3, 0.4) is 0 Å². The standard InChI is InChI=1S/C14H12N2S2/c15-9-10(8-11-4-3-7-17-11)14-16-12-5-1-2-6-13(12)18-14/h3-4,7-8H,1-2,5-6H2/b10-8-. The van der Waals surface area contributed by atoms with Gasteiger partial charge < -0.3 is 0 Å². The highest BCUT2D eigenvalue weighted by atomic mass is 32.1. The molecule has 4 heteroatoms. The lowest BCUT2D eigenvalue weighted by atomic mass is 10.0. The van der Waals surface area contributed by atoms with E-state index in [1.807, 2.05) is 23.6 Å². The average molecular weight is 272 g/mol. The van der Waals surface area contributed by atoms with Crippen LogP contribution in [0.2, 0.25) is 0 Å². The zero-order valence-corrected chi connectivity index (χ0v) is 11.5. The number of thiophene rings is 1. The van der Waals surface area contributed by atoms with Gasteiger partial charge in [0.25, 0.3) is 0 Å². The van der Waals surface area contributed by atoms with Crippen molar-refractivity contribution >= 4 is 34.3 Å². The van der Waals surface area contributed by atoms with Crippen molar-refractivity contribution in [2.75, 3.05) is 0 Å². The first-order valence-corrected chi connectivity index (χ1v) is 7.70. The van der Waals surface area contributed by atoms with Gasteiger partial charge in [0, 0.05) is 9.75 Å². The van der Waals surface area contributed by atoms with E-state index in [4.69, 9.17) is 0 Å². The lowest BCUT2D eigenvalue weighted by Crippen LogP contribution is -1.99. The van der Waals surface area contributed by atoms with E-state index < -0.39 is 0 Å². The number of allylic oxidation sites excluding steroid dienone is 1. The number of fused-ring (bicyclic) bond motifs is 1. The lowest BCUT2D eigenvalue weighted by molar-refractivity contribution is 0.682. The van der Waals surface area contributed by atoms with E-state index >= 15 is 0 Å². The van der Waals surface area contributed by atoms with Crippen molar-refractivity contribution in [2.45, 2.75) is 25.7 Å². The molecule has 2 nitrogen and oxygen atoms in total. The SMILES string of the molecule is N#C/C(=C/c1cccs1)c1nc2c(s1)CCCC2. The highest BCUT2D eigenvalue weighted by Gasteiger charge is 2.17.